The third kappa shape index (κ3) is 4.95. The molecule has 0 aromatic heterocycles. The lowest BCUT2D eigenvalue weighted by molar-refractivity contribution is -0.0455. The highest BCUT2D eigenvalue weighted by Gasteiger charge is 2.46. The summed E-state index contributed by atoms with van der Waals surface area (Å²) in [5, 5.41) is 11.6. The van der Waals surface area contributed by atoms with Gasteiger partial charge in [0.25, 0.3) is 10.0 Å². The van der Waals surface area contributed by atoms with E-state index in [-0.39, 0.29) is 10.3 Å². The lowest BCUT2D eigenvalue weighted by Gasteiger charge is -2.52. The number of anilines is 1. The van der Waals surface area contributed by atoms with Gasteiger partial charge < -0.3 is 5.11 Å². The van der Waals surface area contributed by atoms with Crippen molar-refractivity contribution in [1.82, 2.24) is 4.90 Å². The maximum Gasteiger partial charge on any atom is 0.261 e. The van der Waals surface area contributed by atoms with Crippen molar-refractivity contribution in [3.8, 4) is 0 Å². The van der Waals surface area contributed by atoms with Crippen molar-refractivity contribution >= 4 is 15.7 Å². The summed E-state index contributed by atoms with van der Waals surface area (Å²) in [6.45, 7) is 1.70. The number of β-amino-alcohol motifs (C(OH)–C–C–N with tert-alkyl or cyclic N) is 1. The average molecular weight is 517 g/mol. The number of rotatable bonds is 6. The van der Waals surface area contributed by atoms with Gasteiger partial charge in [-0.1, -0.05) is 61.0 Å². The van der Waals surface area contributed by atoms with Crippen LogP contribution in [0.25, 0.3) is 0 Å². The molecule has 3 aromatic rings. The van der Waals surface area contributed by atoms with Gasteiger partial charge >= 0.3 is 0 Å². The molecule has 194 valence electrons. The number of fused-ring (bicyclic) bond motifs is 3. The van der Waals surface area contributed by atoms with Gasteiger partial charge in [-0.15, -0.1) is 0 Å². The van der Waals surface area contributed by atoms with Gasteiger partial charge in [-0.25, -0.2) is 8.42 Å². The summed E-state index contributed by atoms with van der Waals surface area (Å²) in [4.78, 5) is 2.82. The molecule has 2 fully saturated rings. The number of nitrogens with one attached hydrogen (secondary N) is 1. The minimum Gasteiger partial charge on any atom is -0.388 e. The van der Waals surface area contributed by atoms with Gasteiger partial charge in [-0.3, -0.25) is 9.62 Å². The predicted molar refractivity (Wildman–Crippen MR) is 147 cm³/mol. The van der Waals surface area contributed by atoms with E-state index in [0.29, 0.717) is 11.7 Å². The molecule has 1 saturated carbocycles. The Hall–Kier alpha value is -2.67. The van der Waals surface area contributed by atoms with E-state index in [2.05, 4.69) is 40.0 Å². The fraction of sp³-hybridized carbons (Fsp3) is 0.419. The number of hydrogen-bond donors (Lipinski definition) is 2. The highest BCUT2D eigenvalue weighted by atomic mass is 32.2. The summed E-state index contributed by atoms with van der Waals surface area (Å²) < 4.78 is 28.6. The fourth-order valence-corrected chi connectivity index (χ4v) is 8.12. The standard InChI is InChI=1S/C31H36N2O3S/c34-31(17-15-24-8-4-5-9-25(24)21-31)23-33-19-18-30(16-7-12-28(33)22-30)26-10-6-11-27(20-26)32-37(35,36)29-13-2-1-3-14-29/h1-6,8-11,13-14,20,28,32,34H,7,12,15-19,21-23H2. The van der Waals surface area contributed by atoms with Crippen LogP contribution in [-0.2, 0) is 28.3 Å². The van der Waals surface area contributed by atoms with Gasteiger partial charge in [0, 0.05) is 24.7 Å². The van der Waals surface area contributed by atoms with Crippen LogP contribution in [0.5, 0.6) is 0 Å². The van der Waals surface area contributed by atoms with E-state index < -0.39 is 15.6 Å². The lowest BCUT2D eigenvalue weighted by Crippen LogP contribution is -2.57. The minimum absolute atomic E-state index is 0.0649. The molecule has 3 aromatic carbocycles. The first-order valence-corrected chi connectivity index (χ1v) is 15.0. The van der Waals surface area contributed by atoms with Crippen LogP contribution in [0.1, 0.15) is 55.2 Å². The van der Waals surface area contributed by atoms with Gasteiger partial charge in [0.05, 0.1) is 10.5 Å². The monoisotopic (exact) mass is 516 g/mol. The Kier molecular flexibility index (Phi) is 6.38. The Bertz CT molecular complexity index is 1380. The highest BCUT2D eigenvalue weighted by Crippen LogP contribution is 2.48. The second-order valence-corrected chi connectivity index (χ2v) is 13.1. The molecule has 0 spiro atoms. The largest absolute Gasteiger partial charge is 0.388 e. The van der Waals surface area contributed by atoms with Crippen molar-refractivity contribution in [3.63, 3.8) is 0 Å². The van der Waals surface area contributed by atoms with E-state index >= 15 is 0 Å². The van der Waals surface area contributed by atoms with Gasteiger partial charge in [0.15, 0.2) is 0 Å². The van der Waals surface area contributed by atoms with Gasteiger partial charge in [0.1, 0.15) is 0 Å². The van der Waals surface area contributed by atoms with Gasteiger partial charge in [0.2, 0.25) is 0 Å². The number of aliphatic hydroxyl groups is 1. The third-order valence-corrected chi connectivity index (χ3v) is 10.4. The van der Waals surface area contributed by atoms with Gasteiger partial charge in [-0.05, 0) is 91.4 Å². The molecule has 6 heteroatoms. The number of likely N-dealkylation sites (tertiary alicyclic amines) is 1. The SMILES string of the molecule is O=S(=O)(Nc1cccc(C23CCCC(C2)N(CC2(O)CCc4ccccc4C2)CC3)c1)c1ccccc1. The summed E-state index contributed by atoms with van der Waals surface area (Å²) in [6, 6.07) is 25.5. The Morgan fingerprint density at radius 2 is 1.70 bits per heavy atom. The van der Waals surface area contributed by atoms with Crippen LogP contribution in [0.2, 0.25) is 0 Å². The smallest absolute Gasteiger partial charge is 0.261 e. The number of benzene rings is 3. The van der Waals surface area contributed by atoms with Crippen molar-refractivity contribution in [2.75, 3.05) is 17.8 Å². The normalized spacial score (nSPS) is 27.9. The maximum atomic E-state index is 12.9. The Labute approximate surface area is 220 Å². The van der Waals surface area contributed by atoms with Crippen molar-refractivity contribution in [3.05, 3.63) is 95.6 Å². The quantitative estimate of drug-likeness (QED) is 0.467. The molecule has 1 aliphatic heterocycles. The minimum atomic E-state index is -3.62. The van der Waals surface area contributed by atoms with Crippen LogP contribution in [0, 0.1) is 0 Å². The highest BCUT2D eigenvalue weighted by molar-refractivity contribution is 7.92. The van der Waals surface area contributed by atoms with Crippen LogP contribution in [0.3, 0.4) is 0 Å². The molecular weight excluding hydrogens is 480 g/mol. The zero-order valence-corrected chi connectivity index (χ0v) is 22.1. The van der Waals surface area contributed by atoms with Crippen LogP contribution in [0.4, 0.5) is 5.69 Å². The first-order valence-electron chi connectivity index (χ1n) is 13.6. The molecule has 2 aliphatic carbocycles. The Morgan fingerprint density at radius 3 is 2.54 bits per heavy atom. The zero-order valence-electron chi connectivity index (χ0n) is 21.3. The summed E-state index contributed by atoms with van der Waals surface area (Å²) in [6.07, 6.45) is 8.05. The molecule has 3 unspecified atom stereocenters. The van der Waals surface area contributed by atoms with E-state index in [1.54, 1.807) is 24.3 Å². The van der Waals surface area contributed by atoms with E-state index in [9.17, 15) is 13.5 Å². The molecule has 2 bridgehead atoms. The van der Waals surface area contributed by atoms with E-state index in [0.717, 1.165) is 64.5 Å². The van der Waals surface area contributed by atoms with Crippen LogP contribution in [0.15, 0.2) is 83.8 Å². The van der Waals surface area contributed by atoms with Crippen LogP contribution < -0.4 is 4.72 Å². The van der Waals surface area contributed by atoms with Crippen molar-refractivity contribution in [1.29, 1.82) is 0 Å². The molecule has 1 heterocycles. The number of nitrogens with zero attached hydrogens (tertiary/aromatic N) is 1. The number of sulfonamides is 1. The fourth-order valence-electron chi connectivity index (χ4n) is 7.05. The molecule has 5 nitrogen and oxygen atoms in total. The Balaban J connectivity index is 1.18. The summed E-state index contributed by atoms with van der Waals surface area (Å²) in [7, 11) is -3.62. The molecule has 6 rings (SSSR count). The van der Waals surface area contributed by atoms with Crippen molar-refractivity contribution < 1.29 is 13.5 Å². The second-order valence-electron chi connectivity index (χ2n) is 11.4. The third-order valence-electron chi connectivity index (χ3n) is 8.99. The lowest BCUT2D eigenvalue weighted by atomic mass is 9.63. The summed E-state index contributed by atoms with van der Waals surface area (Å²) >= 11 is 0. The topological polar surface area (TPSA) is 69.6 Å². The summed E-state index contributed by atoms with van der Waals surface area (Å²) in [5.41, 5.74) is 3.92. The first-order chi connectivity index (χ1) is 17.8. The number of hydrogen-bond acceptors (Lipinski definition) is 4. The zero-order chi connectivity index (χ0) is 25.5. The first kappa shape index (κ1) is 24.7. The van der Waals surface area contributed by atoms with E-state index in [1.165, 1.54) is 16.7 Å². The average Bonchev–Trinajstić information content (AvgIpc) is 2.91. The predicted octanol–water partition coefficient (Wildman–Crippen LogP) is 5.29. The van der Waals surface area contributed by atoms with Crippen molar-refractivity contribution in [2.24, 2.45) is 0 Å². The molecule has 0 amide bonds. The van der Waals surface area contributed by atoms with E-state index in [4.69, 9.17) is 0 Å². The molecular formula is C31H36N2O3S. The van der Waals surface area contributed by atoms with Gasteiger partial charge in [-0.2, -0.15) is 0 Å². The van der Waals surface area contributed by atoms with Crippen LogP contribution in [-0.4, -0.2) is 43.2 Å². The molecule has 3 aliphatic rings. The van der Waals surface area contributed by atoms with Crippen LogP contribution >= 0.6 is 0 Å². The maximum absolute atomic E-state index is 12.9. The Morgan fingerprint density at radius 1 is 0.919 bits per heavy atom. The second kappa shape index (κ2) is 9.57. The molecule has 3 atom stereocenters. The molecule has 1 saturated heterocycles. The van der Waals surface area contributed by atoms with Crippen molar-refractivity contribution in [2.45, 2.75) is 73.3 Å². The molecule has 2 N–H and O–H groups in total. The summed E-state index contributed by atoms with van der Waals surface area (Å²) in [5.74, 6) is 0. The molecule has 0 radical (unpaired) electrons. The van der Waals surface area contributed by atoms with E-state index in [1.807, 2.05) is 24.3 Å². The number of aryl methyl sites for hydroxylation is 1. The number of piperidine rings is 1. The molecule has 37 heavy (non-hydrogen) atoms.